The minimum atomic E-state index is 0.694. The molecule has 0 saturated carbocycles. The van der Waals surface area contributed by atoms with Crippen molar-refractivity contribution in [2.45, 2.75) is 99.8 Å². The van der Waals surface area contributed by atoms with Crippen LogP contribution in [0.15, 0.2) is 0 Å². The molecule has 0 nitrogen and oxygen atoms in total. The second kappa shape index (κ2) is 4.57. The molecule has 4 aliphatic heterocycles. The standard InChI is InChI=1S/C17H28B2/c1-13(12-17-10-5-15(19-17)6-11-17)2-7-16-8-3-14(18-16)4-9-16/h13-15H,2-12H2,1H3. The molecule has 4 fully saturated rings. The first-order valence-electron chi connectivity index (χ1n) is 8.89. The molecule has 0 aromatic carbocycles. The topological polar surface area (TPSA) is 0 Å². The van der Waals surface area contributed by atoms with Crippen LogP contribution in [0.25, 0.3) is 0 Å². The maximum absolute atomic E-state index is 2.76. The summed E-state index contributed by atoms with van der Waals surface area (Å²) in [6, 6.07) is 0. The van der Waals surface area contributed by atoms with Crippen LogP contribution in [0, 0.1) is 5.92 Å². The van der Waals surface area contributed by atoms with E-state index < -0.39 is 0 Å². The fraction of sp³-hybridized carbons (Fsp3) is 1.00. The van der Waals surface area contributed by atoms with Crippen molar-refractivity contribution in [2.75, 3.05) is 0 Å². The zero-order valence-corrected chi connectivity index (χ0v) is 12.7. The minimum Gasteiger partial charge on any atom is -0.0682 e. The molecule has 4 bridgehead atoms. The molecular weight excluding hydrogens is 226 g/mol. The average Bonchev–Trinajstić information content (AvgIpc) is 3.16. The van der Waals surface area contributed by atoms with Gasteiger partial charge >= 0.3 is 0 Å². The van der Waals surface area contributed by atoms with Crippen LogP contribution in [0.5, 0.6) is 0 Å². The number of hydrogen-bond donors (Lipinski definition) is 0. The predicted octanol–water partition coefficient (Wildman–Crippen LogP) is 5.27. The zero-order chi connectivity index (χ0) is 12.9. The highest BCUT2D eigenvalue weighted by Crippen LogP contribution is 2.62. The third-order valence-corrected chi connectivity index (χ3v) is 7.12. The molecule has 19 heavy (non-hydrogen) atoms. The number of hydrogen-bond acceptors (Lipinski definition) is 0. The Hall–Kier alpha value is 0.130. The monoisotopic (exact) mass is 254 g/mol. The van der Waals surface area contributed by atoms with Crippen molar-refractivity contribution < 1.29 is 0 Å². The Balaban J connectivity index is 1.29. The van der Waals surface area contributed by atoms with E-state index in [1.807, 2.05) is 0 Å². The molecule has 0 N–H and O–H groups in total. The number of fused-ring (bicyclic) bond motifs is 4. The van der Waals surface area contributed by atoms with Crippen LogP contribution in [0.3, 0.4) is 0 Å². The molecule has 0 spiro atoms. The van der Waals surface area contributed by atoms with Crippen LogP contribution in [0.4, 0.5) is 0 Å². The van der Waals surface area contributed by atoms with Gasteiger partial charge < -0.3 is 0 Å². The van der Waals surface area contributed by atoms with Crippen molar-refractivity contribution in [3.05, 3.63) is 0 Å². The third kappa shape index (κ3) is 2.32. The van der Waals surface area contributed by atoms with Crippen LogP contribution >= 0.6 is 0 Å². The normalized spacial score (nSPS) is 48.3. The largest absolute Gasteiger partial charge is 0.122 e. The summed E-state index contributed by atoms with van der Waals surface area (Å²) >= 11 is 0. The van der Waals surface area contributed by atoms with E-state index in [0.717, 1.165) is 17.6 Å². The first-order chi connectivity index (χ1) is 9.17. The maximum Gasteiger partial charge on any atom is 0.122 e. The van der Waals surface area contributed by atoms with E-state index in [1.165, 1.54) is 70.6 Å². The molecule has 0 aliphatic carbocycles. The summed E-state index contributed by atoms with van der Waals surface area (Å²) in [5.41, 5.74) is 0. The van der Waals surface area contributed by atoms with Crippen molar-refractivity contribution in [2.24, 2.45) is 5.92 Å². The van der Waals surface area contributed by atoms with E-state index in [-0.39, 0.29) is 0 Å². The van der Waals surface area contributed by atoms with Gasteiger partial charge in [0.25, 0.3) is 0 Å². The molecule has 0 aromatic heterocycles. The van der Waals surface area contributed by atoms with Crippen molar-refractivity contribution in [3.63, 3.8) is 0 Å². The van der Waals surface area contributed by atoms with Gasteiger partial charge in [-0.05, 0) is 5.92 Å². The van der Waals surface area contributed by atoms with E-state index in [2.05, 4.69) is 21.5 Å². The first-order valence-corrected chi connectivity index (χ1v) is 8.89. The molecule has 2 heteroatoms. The van der Waals surface area contributed by atoms with Gasteiger partial charge in [-0.15, -0.1) is 0 Å². The van der Waals surface area contributed by atoms with Crippen LogP contribution in [0.1, 0.15) is 77.6 Å². The lowest BCUT2D eigenvalue weighted by Gasteiger charge is -2.33. The summed E-state index contributed by atoms with van der Waals surface area (Å²) < 4.78 is 0. The fourth-order valence-electron chi connectivity index (χ4n) is 6.03. The highest BCUT2D eigenvalue weighted by molar-refractivity contribution is 6.44. The molecule has 102 valence electrons. The lowest BCUT2D eigenvalue weighted by atomic mass is 9.51. The highest BCUT2D eigenvalue weighted by atomic mass is 14.4. The second-order valence-corrected chi connectivity index (χ2v) is 8.58. The van der Waals surface area contributed by atoms with Gasteiger partial charge in [0.05, 0.1) is 0 Å². The lowest BCUT2D eigenvalue weighted by Crippen LogP contribution is -2.17. The average molecular weight is 254 g/mol. The van der Waals surface area contributed by atoms with E-state index in [9.17, 15) is 0 Å². The van der Waals surface area contributed by atoms with Gasteiger partial charge in [-0.3, -0.25) is 0 Å². The summed E-state index contributed by atoms with van der Waals surface area (Å²) in [7, 11) is 5.51. The zero-order valence-electron chi connectivity index (χ0n) is 12.7. The van der Waals surface area contributed by atoms with Crippen LogP contribution in [0.2, 0.25) is 22.3 Å². The van der Waals surface area contributed by atoms with Crippen molar-refractivity contribution in [1.82, 2.24) is 0 Å². The molecule has 4 rings (SSSR count). The van der Waals surface area contributed by atoms with Crippen LogP contribution < -0.4 is 0 Å². The summed E-state index contributed by atoms with van der Waals surface area (Å²) in [5, 5.41) is 1.40. The van der Waals surface area contributed by atoms with Gasteiger partial charge in [0.2, 0.25) is 0 Å². The molecule has 0 aromatic rings. The van der Waals surface area contributed by atoms with Gasteiger partial charge in [0, 0.05) is 0 Å². The molecule has 1 unspecified atom stereocenters. The SMILES string of the molecule is CC(CCC12[B]C(CC1)CC2)CC12[B]C(CC1)CC2. The summed E-state index contributed by atoms with van der Waals surface area (Å²) in [6.45, 7) is 2.53. The summed E-state index contributed by atoms with van der Waals surface area (Å²) in [4.78, 5) is 0. The Morgan fingerprint density at radius 2 is 1.42 bits per heavy atom. The van der Waals surface area contributed by atoms with Crippen molar-refractivity contribution in [1.29, 1.82) is 0 Å². The lowest BCUT2D eigenvalue weighted by molar-refractivity contribution is 0.313. The Kier molecular flexibility index (Phi) is 3.09. The Morgan fingerprint density at radius 1 is 0.895 bits per heavy atom. The van der Waals surface area contributed by atoms with Gasteiger partial charge in [-0.1, -0.05) is 99.8 Å². The Bertz CT molecular complexity index is 335. The molecule has 0 amide bonds. The van der Waals surface area contributed by atoms with Gasteiger partial charge in [0.15, 0.2) is 0 Å². The van der Waals surface area contributed by atoms with Gasteiger partial charge in [-0.25, -0.2) is 0 Å². The van der Waals surface area contributed by atoms with E-state index in [0.29, 0.717) is 10.6 Å². The second-order valence-electron chi connectivity index (χ2n) is 8.58. The predicted molar refractivity (Wildman–Crippen MR) is 84.3 cm³/mol. The smallest absolute Gasteiger partial charge is 0.0682 e. The summed E-state index contributed by atoms with van der Waals surface area (Å²) in [5.74, 6) is 2.97. The third-order valence-electron chi connectivity index (χ3n) is 7.12. The Morgan fingerprint density at radius 3 is 1.89 bits per heavy atom. The molecule has 2 radical (unpaired) electrons. The molecular formula is C17H28B2. The highest BCUT2D eigenvalue weighted by Gasteiger charge is 2.47. The van der Waals surface area contributed by atoms with E-state index in [4.69, 9.17) is 0 Å². The molecule has 1 atom stereocenters. The molecule has 4 saturated heterocycles. The number of rotatable bonds is 5. The van der Waals surface area contributed by atoms with Crippen molar-refractivity contribution in [3.8, 4) is 0 Å². The molecule has 4 aliphatic rings. The maximum atomic E-state index is 2.76. The molecule has 4 heterocycles. The van der Waals surface area contributed by atoms with Gasteiger partial charge in [-0.2, -0.15) is 0 Å². The minimum absolute atomic E-state index is 0.694. The van der Waals surface area contributed by atoms with E-state index >= 15 is 0 Å². The first kappa shape index (κ1) is 12.8. The summed E-state index contributed by atoms with van der Waals surface area (Å²) in [6.07, 6.45) is 16.6. The van der Waals surface area contributed by atoms with Crippen LogP contribution in [-0.4, -0.2) is 14.6 Å². The Labute approximate surface area is 121 Å². The van der Waals surface area contributed by atoms with Gasteiger partial charge in [0.1, 0.15) is 14.6 Å². The van der Waals surface area contributed by atoms with E-state index in [1.54, 1.807) is 0 Å². The fourth-order valence-corrected chi connectivity index (χ4v) is 6.03. The van der Waals surface area contributed by atoms with Crippen molar-refractivity contribution >= 4 is 14.6 Å². The quantitative estimate of drug-likeness (QED) is 0.586. The van der Waals surface area contributed by atoms with Crippen LogP contribution in [-0.2, 0) is 0 Å².